The number of furan rings is 1. The molecule has 6 nitrogen and oxygen atoms in total. The number of hydrogen-bond donors (Lipinski definition) is 1. The molecule has 152 valence electrons. The zero-order chi connectivity index (χ0) is 21.3. The molecule has 1 amide bonds. The van der Waals surface area contributed by atoms with E-state index in [2.05, 4.69) is 10.3 Å². The Morgan fingerprint density at radius 1 is 1.10 bits per heavy atom. The second kappa shape index (κ2) is 7.72. The summed E-state index contributed by atoms with van der Waals surface area (Å²) in [6, 6.07) is 13.1. The molecule has 0 saturated carbocycles. The Balaban J connectivity index is 1.47. The molecule has 4 aromatic rings. The minimum absolute atomic E-state index is 0.0596. The Hall–Kier alpha value is -3.52. The maximum atomic E-state index is 13.3. The summed E-state index contributed by atoms with van der Waals surface area (Å²) in [5, 5.41) is 3.52. The van der Waals surface area contributed by atoms with Crippen molar-refractivity contribution in [2.75, 3.05) is 0 Å². The lowest BCUT2D eigenvalue weighted by Crippen LogP contribution is -2.22. The molecule has 0 aliphatic carbocycles. The second-order valence-corrected chi connectivity index (χ2v) is 8.68. The lowest BCUT2D eigenvalue weighted by Gasteiger charge is -2.09. The van der Waals surface area contributed by atoms with E-state index in [0.717, 1.165) is 17.0 Å². The maximum absolute atomic E-state index is 13.3. The molecule has 0 unspecified atom stereocenters. The summed E-state index contributed by atoms with van der Waals surface area (Å²) in [4.78, 5) is 16.4. The summed E-state index contributed by atoms with van der Waals surface area (Å²) in [5.74, 6) is -0.702. The van der Waals surface area contributed by atoms with Gasteiger partial charge in [0.05, 0.1) is 16.0 Å². The van der Waals surface area contributed by atoms with E-state index in [-0.39, 0.29) is 28.0 Å². The molecule has 4 rings (SSSR count). The van der Waals surface area contributed by atoms with E-state index in [1.165, 1.54) is 30.5 Å². The Labute approximate surface area is 172 Å². The second-order valence-electron chi connectivity index (χ2n) is 6.76. The van der Waals surface area contributed by atoms with Crippen LogP contribution in [-0.2, 0) is 16.4 Å². The summed E-state index contributed by atoms with van der Waals surface area (Å²) in [5.41, 5.74) is 1.58. The molecule has 0 atom stereocenters. The van der Waals surface area contributed by atoms with Crippen LogP contribution in [-0.4, -0.2) is 19.3 Å². The first-order chi connectivity index (χ1) is 14.3. The van der Waals surface area contributed by atoms with Crippen LogP contribution < -0.4 is 5.32 Å². The van der Waals surface area contributed by atoms with Gasteiger partial charge in [-0.3, -0.25) is 9.78 Å². The first-order valence-electron chi connectivity index (χ1n) is 9.06. The highest BCUT2D eigenvalue weighted by atomic mass is 32.2. The van der Waals surface area contributed by atoms with Crippen LogP contribution in [0.1, 0.15) is 21.7 Å². The van der Waals surface area contributed by atoms with Crippen LogP contribution in [0.25, 0.3) is 11.0 Å². The van der Waals surface area contributed by atoms with Gasteiger partial charge in [0.2, 0.25) is 9.84 Å². The molecule has 2 aromatic carbocycles. The molecule has 2 heterocycles. The van der Waals surface area contributed by atoms with Crippen LogP contribution in [0, 0.1) is 12.7 Å². The minimum Gasteiger partial charge on any atom is -0.449 e. The molecule has 0 saturated heterocycles. The lowest BCUT2D eigenvalue weighted by molar-refractivity contribution is 0.0925. The molecule has 2 aromatic heterocycles. The Bertz CT molecular complexity index is 1310. The minimum atomic E-state index is -3.77. The normalized spacial score (nSPS) is 11.5. The number of fused-ring (bicyclic) bond motifs is 1. The van der Waals surface area contributed by atoms with Crippen LogP contribution in [0.2, 0.25) is 0 Å². The van der Waals surface area contributed by atoms with Gasteiger partial charge in [-0.2, -0.15) is 0 Å². The average Bonchev–Trinajstić information content (AvgIpc) is 3.16. The zero-order valence-electron chi connectivity index (χ0n) is 15.9. The zero-order valence-corrected chi connectivity index (χ0v) is 16.7. The number of hydrogen-bond acceptors (Lipinski definition) is 5. The summed E-state index contributed by atoms with van der Waals surface area (Å²) in [6.45, 7) is 1.75. The molecule has 30 heavy (non-hydrogen) atoms. The molecular weight excluding hydrogens is 407 g/mol. The fourth-order valence-electron chi connectivity index (χ4n) is 3.09. The summed E-state index contributed by atoms with van der Waals surface area (Å²) in [7, 11) is -3.77. The highest BCUT2D eigenvalue weighted by Crippen LogP contribution is 2.25. The van der Waals surface area contributed by atoms with Crippen molar-refractivity contribution >= 4 is 26.7 Å². The monoisotopic (exact) mass is 424 g/mol. The first-order valence-corrected chi connectivity index (χ1v) is 10.5. The van der Waals surface area contributed by atoms with Crippen molar-refractivity contribution in [1.82, 2.24) is 10.3 Å². The van der Waals surface area contributed by atoms with Gasteiger partial charge in [-0.05, 0) is 60.5 Å². The number of nitrogens with one attached hydrogen (secondary N) is 1. The van der Waals surface area contributed by atoms with Gasteiger partial charge in [0.15, 0.2) is 11.3 Å². The quantitative estimate of drug-likeness (QED) is 0.489. The number of rotatable bonds is 5. The molecule has 0 bridgehead atoms. The van der Waals surface area contributed by atoms with Crippen molar-refractivity contribution in [3.63, 3.8) is 0 Å². The number of nitrogens with zero attached hydrogens (tertiary/aromatic N) is 1. The lowest BCUT2D eigenvalue weighted by atomic mass is 10.2. The van der Waals surface area contributed by atoms with Crippen LogP contribution >= 0.6 is 0 Å². The molecule has 0 aliphatic heterocycles. The average molecular weight is 424 g/mol. The number of carbonyl (C=O) groups is 1. The van der Waals surface area contributed by atoms with Gasteiger partial charge in [-0.15, -0.1) is 0 Å². The molecule has 0 fully saturated rings. The predicted octanol–water partition coefficient (Wildman–Crippen LogP) is 4.04. The van der Waals surface area contributed by atoms with Crippen LogP contribution in [0.15, 0.2) is 81.2 Å². The SMILES string of the molecule is Cc1cc(F)ccc1S(=O)(=O)c1ccc(CNC(=O)c2cc3ccncc3o2)cc1. The molecule has 1 N–H and O–H groups in total. The Morgan fingerprint density at radius 2 is 1.87 bits per heavy atom. The van der Waals surface area contributed by atoms with E-state index in [0.29, 0.717) is 11.1 Å². The molecule has 0 radical (unpaired) electrons. The largest absolute Gasteiger partial charge is 0.449 e. The summed E-state index contributed by atoms with van der Waals surface area (Å²) >= 11 is 0. The van der Waals surface area contributed by atoms with Crippen molar-refractivity contribution < 1.29 is 22.0 Å². The van der Waals surface area contributed by atoms with Crippen molar-refractivity contribution in [2.45, 2.75) is 23.3 Å². The van der Waals surface area contributed by atoms with Crippen LogP contribution in [0.4, 0.5) is 4.39 Å². The third-order valence-electron chi connectivity index (χ3n) is 4.66. The van der Waals surface area contributed by atoms with E-state index in [1.807, 2.05) is 0 Å². The number of benzene rings is 2. The van der Waals surface area contributed by atoms with Gasteiger partial charge in [-0.1, -0.05) is 12.1 Å². The number of carbonyl (C=O) groups excluding carboxylic acids is 1. The van der Waals surface area contributed by atoms with Crippen LogP contribution in [0.5, 0.6) is 0 Å². The van der Waals surface area contributed by atoms with Gasteiger partial charge in [0.25, 0.3) is 5.91 Å². The van der Waals surface area contributed by atoms with Crippen molar-refractivity contribution in [3.8, 4) is 0 Å². The third kappa shape index (κ3) is 3.81. The summed E-state index contributed by atoms with van der Waals surface area (Å²) < 4.78 is 44.4. The topological polar surface area (TPSA) is 89.3 Å². The molecule has 0 aliphatic rings. The molecule has 8 heteroatoms. The first kappa shape index (κ1) is 19.8. The Kier molecular flexibility index (Phi) is 5.09. The third-order valence-corrected chi connectivity index (χ3v) is 6.59. The standard InChI is InChI=1S/C22H17FN2O4S/c1-14-10-17(23)4-7-21(14)30(27,28)18-5-2-15(3-6-18)12-25-22(26)19-11-16-8-9-24-13-20(16)29-19/h2-11,13H,12H2,1H3,(H,25,26). The van der Waals surface area contributed by atoms with E-state index in [9.17, 15) is 17.6 Å². The molecular formula is C22H17FN2O4S. The maximum Gasteiger partial charge on any atom is 0.287 e. The highest BCUT2D eigenvalue weighted by Gasteiger charge is 2.20. The number of aromatic nitrogens is 1. The van der Waals surface area contributed by atoms with Crippen molar-refractivity contribution in [3.05, 3.63) is 89.7 Å². The van der Waals surface area contributed by atoms with Gasteiger partial charge < -0.3 is 9.73 Å². The van der Waals surface area contributed by atoms with E-state index < -0.39 is 15.7 Å². The van der Waals surface area contributed by atoms with Gasteiger partial charge in [0.1, 0.15) is 5.82 Å². The number of amides is 1. The number of sulfone groups is 1. The Morgan fingerprint density at radius 3 is 2.57 bits per heavy atom. The van der Waals surface area contributed by atoms with Gasteiger partial charge in [0, 0.05) is 18.1 Å². The molecule has 0 spiro atoms. The van der Waals surface area contributed by atoms with E-state index in [4.69, 9.17) is 4.42 Å². The van der Waals surface area contributed by atoms with Gasteiger partial charge >= 0.3 is 0 Å². The van der Waals surface area contributed by atoms with Gasteiger partial charge in [-0.25, -0.2) is 12.8 Å². The van der Waals surface area contributed by atoms with E-state index in [1.54, 1.807) is 37.4 Å². The number of halogens is 1. The fourth-order valence-corrected chi connectivity index (χ4v) is 4.57. The number of pyridine rings is 1. The predicted molar refractivity (Wildman–Crippen MR) is 108 cm³/mol. The summed E-state index contributed by atoms with van der Waals surface area (Å²) in [6.07, 6.45) is 3.15. The fraction of sp³-hybridized carbons (Fsp3) is 0.0909. The van der Waals surface area contributed by atoms with Crippen LogP contribution in [0.3, 0.4) is 0 Å². The smallest absolute Gasteiger partial charge is 0.287 e. The van der Waals surface area contributed by atoms with Crippen molar-refractivity contribution in [1.29, 1.82) is 0 Å². The van der Waals surface area contributed by atoms with Crippen molar-refractivity contribution in [2.24, 2.45) is 0 Å². The van der Waals surface area contributed by atoms with E-state index >= 15 is 0 Å². The highest BCUT2D eigenvalue weighted by molar-refractivity contribution is 7.91. The number of aryl methyl sites for hydroxylation is 1.